The summed E-state index contributed by atoms with van der Waals surface area (Å²) in [5.41, 5.74) is 2.16. The third kappa shape index (κ3) is 8.22. The van der Waals surface area contributed by atoms with Crippen molar-refractivity contribution in [3.05, 3.63) is 23.3 Å². The summed E-state index contributed by atoms with van der Waals surface area (Å²) < 4.78 is 6.44. The summed E-state index contributed by atoms with van der Waals surface area (Å²) >= 11 is 0. The average molecular weight is 403 g/mol. The van der Waals surface area contributed by atoms with Crippen LogP contribution >= 0.6 is 0 Å². The first kappa shape index (κ1) is 24.1. The number of ether oxygens (including phenoxy) is 1. The van der Waals surface area contributed by atoms with Gasteiger partial charge in [-0.1, -0.05) is 72.6 Å². The van der Waals surface area contributed by atoms with Crippen LogP contribution in [0.15, 0.2) is 12.1 Å². The van der Waals surface area contributed by atoms with Crippen molar-refractivity contribution >= 4 is 0 Å². The van der Waals surface area contributed by atoms with E-state index in [-0.39, 0.29) is 5.60 Å². The molecular formula is C27H46O2. The number of benzene rings is 1. The second kappa shape index (κ2) is 11.3. The first-order chi connectivity index (χ1) is 13.7. The van der Waals surface area contributed by atoms with Crippen LogP contribution in [0.25, 0.3) is 0 Å². The Morgan fingerprint density at radius 2 is 1.52 bits per heavy atom. The molecule has 0 spiro atoms. The molecule has 2 heteroatoms. The van der Waals surface area contributed by atoms with E-state index in [4.69, 9.17) is 4.74 Å². The van der Waals surface area contributed by atoms with Crippen LogP contribution in [0.4, 0.5) is 0 Å². The first-order valence-electron chi connectivity index (χ1n) is 12.2. The fourth-order valence-electron chi connectivity index (χ4n) is 4.83. The van der Waals surface area contributed by atoms with Crippen molar-refractivity contribution in [2.24, 2.45) is 17.8 Å². The molecule has 1 N–H and O–H groups in total. The molecule has 0 saturated heterocycles. The molecule has 1 aliphatic rings. The van der Waals surface area contributed by atoms with Crippen LogP contribution < -0.4 is 4.74 Å². The van der Waals surface area contributed by atoms with E-state index in [0.29, 0.717) is 5.75 Å². The van der Waals surface area contributed by atoms with Gasteiger partial charge in [0.15, 0.2) is 0 Å². The Morgan fingerprint density at radius 3 is 2.14 bits per heavy atom. The van der Waals surface area contributed by atoms with Crippen molar-refractivity contribution < 1.29 is 9.84 Å². The van der Waals surface area contributed by atoms with Crippen LogP contribution in [0.1, 0.15) is 110 Å². The molecule has 2 nitrogen and oxygen atoms in total. The number of phenols is 1. The lowest BCUT2D eigenvalue weighted by Gasteiger charge is -2.37. The summed E-state index contributed by atoms with van der Waals surface area (Å²) in [4.78, 5) is 0. The molecule has 0 amide bonds. The monoisotopic (exact) mass is 402 g/mol. The number of hydrogen-bond donors (Lipinski definition) is 1. The van der Waals surface area contributed by atoms with Crippen LogP contribution in [0, 0.1) is 24.7 Å². The standard InChI is InChI=1S/C27H46O2/c1-20(2)10-7-11-21(3)12-8-13-22(4)14-9-16-27(6)17-15-24-19-25(28)18-23(5)26(24)29-27/h18-22,28H,7-17H2,1-6H3/t21?,22?,27-/m0/s1. The van der Waals surface area contributed by atoms with Crippen LogP contribution in [0.2, 0.25) is 0 Å². The second-order valence-corrected chi connectivity index (χ2v) is 10.7. The van der Waals surface area contributed by atoms with E-state index >= 15 is 0 Å². The normalized spacial score (nSPS) is 20.9. The molecule has 0 aromatic heterocycles. The quantitative estimate of drug-likeness (QED) is 0.381. The predicted octanol–water partition coefficient (Wildman–Crippen LogP) is 8.22. The number of aromatic hydroxyl groups is 1. The molecule has 1 aromatic rings. The lowest BCUT2D eigenvalue weighted by atomic mass is 9.85. The predicted molar refractivity (Wildman–Crippen MR) is 125 cm³/mol. The van der Waals surface area contributed by atoms with Crippen LogP contribution in [-0.4, -0.2) is 10.7 Å². The second-order valence-electron chi connectivity index (χ2n) is 10.7. The van der Waals surface area contributed by atoms with Crippen molar-refractivity contribution in [3.63, 3.8) is 0 Å². The van der Waals surface area contributed by atoms with Gasteiger partial charge in [-0.3, -0.25) is 0 Å². The minimum Gasteiger partial charge on any atom is -0.508 e. The molecule has 0 fully saturated rings. The molecule has 2 rings (SSSR count). The first-order valence-corrected chi connectivity index (χ1v) is 12.2. The van der Waals surface area contributed by atoms with Gasteiger partial charge >= 0.3 is 0 Å². The Bertz CT molecular complexity index is 621. The average Bonchev–Trinajstić information content (AvgIpc) is 2.62. The van der Waals surface area contributed by atoms with Gasteiger partial charge in [-0.05, 0) is 80.5 Å². The zero-order chi connectivity index (χ0) is 21.4. The highest BCUT2D eigenvalue weighted by Gasteiger charge is 2.32. The van der Waals surface area contributed by atoms with Crippen LogP contribution in [-0.2, 0) is 6.42 Å². The van der Waals surface area contributed by atoms with Crippen molar-refractivity contribution in [3.8, 4) is 11.5 Å². The van der Waals surface area contributed by atoms with Crippen molar-refractivity contribution in [1.29, 1.82) is 0 Å². The summed E-state index contributed by atoms with van der Waals surface area (Å²) in [6.07, 6.45) is 14.1. The van der Waals surface area contributed by atoms with Gasteiger partial charge < -0.3 is 9.84 Å². The summed E-state index contributed by atoms with van der Waals surface area (Å²) in [5, 5.41) is 9.82. The van der Waals surface area contributed by atoms with E-state index in [1.54, 1.807) is 0 Å². The molecule has 166 valence electrons. The smallest absolute Gasteiger partial charge is 0.126 e. The Balaban J connectivity index is 1.65. The SMILES string of the molecule is Cc1cc(O)cc2c1O[C@@](C)(CCCC(C)CCCC(C)CCCC(C)C)CC2. The van der Waals surface area contributed by atoms with Gasteiger partial charge in [0.05, 0.1) is 0 Å². The highest BCUT2D eigenvalue weighted by atomic mass is 16.5. The van der Waals surface area contributed by atoms with Gasteiger partial charge in [-0.25, -0.2) is 0 Å². The van der Waals surface area contributed by atoms with E-state index in [0.717, 1.165) is 53.9 Å². The lowest BCUT2D eigenvalue weighted by Crippen LogP contribution is -2.36. The van der Waals surface area contributed by atoms with E-state index in [1.165, 1.54) is 51.4 Å². The highest BCUT2D eigenvalue weighted by Crippen LogP contribution is 2.40. The number of phenolic OH excluding ortho intramolecular Hbond substituents is 1. The molecular weight excluding hydrogens is 356 g/mol. The third-order valence-corrected chi connectivity index (χ3v) is 6.88. The number of hydrogen-bond acceptors (Lipinski definition) is 2. The largest absolute Gasteiger partial charge is 0.508 e. The zero-order valence-electron chi connectivity index (χ0n) is 20.0. The van der Waals surface area contributed by atoms with Gasteiger partial charge in [-0.2, -0.15) is 0 Å². The topological polar surface area (TPSA) is 29.5 Å². The summed E-state index contributed by atoms with van der Waals surface area (Å²) in [5.74, 6) is 3.92. The third-order valence-electron chi connectivity index (χ3n) is 6.88. The molecule has 0 aliphatic carbocycles. The zero-order valence-corrected chi connectivity index (χ0v) is 20.0. The number of fused-ring (bicyclic) bond motifs is 1. The minimum atomic E-state index is -0.0562. The number of rotatable bonds is 12. The van der Waals surface area contributed by atoms with E-state index < -0.39 is 0 Å². The molecule has 1 heterocycles. The van der Waals surface area contributed by atoms with Gasteiger partial charge in [0, 0.05) is 0 Å². The van der Waals surface area contributed by atoms with E-state index in [1.807, 2.05) is 19.1 Å². The lowest BCUT2D eigenvalue weighted by molar-refractivity contribution is 0.0515. The van der Waals surface area contributed by atoms with Gasteiger partial charge in [0.25, 0.3) is 0 Å². The molecule has 3 atom stereocenters. The van der Waals surface area contributed by atoms with Gasteiger partial charge in [0.1, 0.15) is 17.1 Å². The number of aryl methyl sites for hydroxylation is 2. The maximum atomic E-state index is 9.82. The molecule has 0 radical (unpaired) electrons. The minimum absolute atomic E-state index is 0.0562. The van der Waals surface area contributed by atoms with E-state index in [2.05, 4.69) is 34.6 Å². The summed E-state index contributed by atoms with van der Waals surface area (Å²) in [6, 6.07) is 3.68. The Kier molecular flexibility index (Phi) is 9.37. The maximum Gasteiger partial charge on any atom is 0.126 e. The Labute approximate surface area is 180 Å². The Morgan fingerprint density at radius 1 is 0.931 bits per heavy atom. The van der Waals surface area contributed by atoms with Crippen LogP contribution in [0.5, 0.6) is 11.5 Å². The molecule has 0 saturated carbocycles. The molecule has 2 unspecified atom stereocenters. The molecule has 1 aliphatic heterocycles. The molecule has 0 bridgehead atoms. The fourth-order valence-corrected chi connectivity index (χ4v) is 4.83. The molecule has 29 heavy (non-hydrogen) atoms. The van der Waals surface area contributed by atoms with Crippen molar-refractivity contribution in [1.82, 2.24) is 0 Å². The highest BCUT2D eigenvalue weighted by molar-refractivity contribution is 5.47. The molecule has 1 aromatic carbocycles. The van der Waals surface area contributed by atoms with E-state index in [9.17, 15) is 5.11 Å². The fraction of sp³-hybridized carbons (Fsp3) is 0.778. The summed E-state index contributed by atoms with van der Waals surface area (Å²) in [7, 11) is 0. The van der Waals surface area contributed by atoms with Crippen molar-refractivity contribution in [2.45, 2.75) is 118 Å². The van der Waals surface area contributed by atoms with Gasteiger partial charge in [0.2, 0.25) is 0 Å². The summed E-state index contributed by atoms with van der Waals surface area (Å²) in [6.45, 7) is 13.8. The van der Waals surface area contributed by atoms with Crippen molar-refractivity contribution in [2.75, 3.05) is 0 Å². The van der Waals surface area contributed by atoms with Gasteiger partial charge in [-0.15, -0.1) is 0 Å². The van der Waals surface area contributed by atoms with Crippen LogP contribution in [0.3, 0.4) is 0 Å². The Hall–Kier alpha value is -1.18. The maximum absolute atomic E-state index is 9.82.